The van der Waals surface area contributed by atoms with Crippen LogP contribution in [0.5, 0.6) is 0 Å². The summed E-state index contributed by atoms with van der Waals surface area (Å²) in [6.45, 7) is 3.91. The molecule has 0 spiro atoms. The number of carbonyl (C=O) groups is 1. The number of hydrogen-bond acceptors (Lipinski definition) is 2. The van der Waals surface area contributed by atoms with Gasteiger partial charge in [0.25, 0.3) is 5.91 Å². The Balaban J connectivity index is 1.77. The maximum Gasteiger partial charge on any atom is 0.255 e. The van der Waals surface area contributed by atoms with Crippen LogP contribution >= 0.6 is 11.6 Å². The fourth-order valence-corrected chi connectivity index (χ4v) is 3.37. The molecule has 20 heavy (non-hydrogen) atoms. The first-order valence-electron chi connectivity index (χ1n) is 7.59. The fraction of sp³-hybridized carbons (Fsp3) is 0.562. The van der Waals surface area contributed by atoms with Gasteiger partial charge in [0.2, 0.25) is 0 Å². The smallest absolute Gasteiger partial charge is 0.255 e. The van der Waals surface area contributed by atoms with Crippen LogP contribution in [0.25, 0.3) is 0 Å². The lowest BCUT2D eigenvalue weighted by Crippen LogP contribution is -2.35. The number of likely N-dealkylation sites (tertiary alicyclic amines) is 1. The number of rotatable bonds is 2. The monoisotopic (exact) mass is 292 g/mol. The molecule has 108 valence electrons. The second kappa shape index (κ2) is 6.04. The van der Waals surface area contributed by atoms with Crippen LogP contribution in [0.3, 0.4) is 0 Å². The van der Waals surface area contributed by atoms with E-state index in [4.69, 9.17) is 11.6 Å². The molecule has 0 N–H and O–H groups in total. The Morgan fingerprint density at radius 1 is 0.950 bits per heavy atom. The van der Waals surface area contributed by atoms with E-state index < -0.39 is 0 Å². The molecule has 2 aliphatic rings. The Labute approximate surface area is 125 Å². The first-order valence-corrected chi connectivity index (χ1v) is 7.97. The molecule has 0 atom stereocenters. The van der Waals surface area contributed by atoms with Crippen LogP contribution in [-0.2, 0) is 0 Å². The molecule has 1 amide bonds. The highest BCUT2D eigenvalue weighted by Crippen LogP contribution is 2.27. The van der Waals surface area contributed by atoms with Crippen molar-refractivity contribution in [2.24, 2.45) is 0 Å². The molecule has 0 saturated carbocycles. The third-order valence-electron chi connectivity index (χ3n) is 4.30. The lowest BCUT2D eigenvalue weighted by Gasteiger charge is -2.27. The Kier molecular flexibility index (Phi) is 4.16. The van der Waals surface area contributed by atoms with Gasteiger partial charge in [0.05, 0.1) is 10.6 Å². The van der Waals surface area contributed by atoms with E-state index in [1.165, 1.54) is 19.3 Å². The standard InChI is InChI=1S/C16H21ClN2O/c17-15-12-13(18-8-4-5-9-18)6-7-14(15)16(20)19-10-2-1-3-11-19/h6-7,12H,1-5,8-11H2. The molecule has 2 aliphatic heterocycles. The van der Waals surface area contributed by atoms with Gasteiger partial charge in [-0.15, -0.1) is 0 Å². The van der Waals surface area contributed by atoms with E-state index in [0.29, 0.717) is 10.6 Å². The lowest BCUT2D eigenvalue weighted by atomic mass is 10.1. The van der Waals surface area contributed by atoms with Gasteiger partial charge in [0.1, 0.15) is 0 Å². The van der Waals surface area contributed by atoms with Gasteiger partial charge in [-0.2, -0.15) is 0 Å². The first-order chi connectivity index (χ1) is 9.75. The summed E-state index contributed by atoms with van der Waals surface area (Å²) < 4.78 is 0. The highest BCUT2D eigenvalue weighted by Gasteiger charge is 2.21. The first kappa shape index (κ1) is 13.7. The number of amides is 1. The van der Waals surface area contributed by atoms with Crippen molar-refractivity contribution in [2.75, 3.05) is 31.1 Å². The van der Waals surface area contributed by atoms with Gasteiger partial charge >= 0.3 is 0 Å². The predicted octanol–water partition coefficient (Wildman–Crippen LogP) is 3.57. The highest BCUT2D eigenvalue weighted by atomic mass is 35.5. The number of carbonyl (C=O) groups excluding carboxylic acids is 1. The summed E-state index contributed by atoms with van der Waals surface area (Å²) >= 11 is 6.35. The Morgan fingerprint density at radius 3 is 2.25 bits per heavy atom. The zero-order valence-corrected chi connectivity index (χ0v) is 12.5. The minimum atomic E-state index is 0.0858. The summed E-state index contributed by atoms with van der Waals surface area (Å²) in [6.07, 6.45) is 5.92. The molecular weight excluding hydrogens is 272 g/mol. The summed E-state index contributed by atoms with van der Waals surface area (Å²) in [5.74, 6) is 0.0858. The van der Waals surface area contributed by atoms with E-state index in [0.717, 1.165) is 44.7 Å². The van der Waals surface area contributed by atoms with Gasteiger partial charge in [-0.1, -0.05) is 11.6 Å². The fourth-order valence-electron chi connectivity index (χ4n) is 3.12. The summed E-state index contributed by atoms with van der Waals surface area (Å²) in [5, 5.41) is 0.588. The number of nitrogens with zero attached hydrogens (tertiary/aromatic N) is 2. The predicted molar refractivity (Wildman–Crippen MR) is 82.7 cm³/mol. The quantitative estimate of drug-likeness (QED) is 0.832. The Hall–Kier alpha value is -1.22. The molecule has 2 heterocycles. The zero-order valence-electron chi connectivity index (χ0n) is 11.8. The Morgan fingerprint density at radius 2 is 1.60 bits per heavy atom. The summed E-state index contributed by atoms with van der Waals surface area (Å²) in [4.78, 5) is 16.7. The maximum atomic E-state index is 12.5. The third-order valence-corrected chi connectivity index (χ3v) is 4.61. The largest absolute Gasteiger partial charge is 0.371 e. The van der Waals surface area contributed by atoms with Crippen LogP contribution in [0.15, 0.2) is 18.2 Å². The number of halogens is 1. The van der Waals surface area contributed by atoms with Gasteiger partial charge in [0, 0.05) is 31.9 Å². The van der Waals surface area contributed by atoms with Gasteiger partial charge < -0.3 is 9.80 Å². The molecule has 0 aromatic heterocycles. The molecule has 3 rings (SSSR count). The van der Waals surface area contributed by atoms with Crippen LogP contribution in [0.2, 0.25) is 5.02 Å². The van der Waals surface area contributed by atoms with E-state index >= 15 is 0 Å². The van der Waals surface area contributed by atoms with E-state index in [9.17, 15) is 4.79 Å². The van der Waals surface area contributed by atoms with Crippen molar-refractivity contribution < 1.29 is 4.79 Å². The molecular formula is C16H21ClN2O. The molecule has 1 aromatic rings. The SMILES string of the molecule is O=C(c1ccc(N2CCCC2)cc1Cl)N1CCCCC1. The topological polar surface area (TPSA) is 23.6 Å². The lowest BCUT2D eigenvalue weighted by molar-refractivity contribution is 0.0724. The normalized spacial score (nSPS) is 19.4. The molecule has 2 saturated heterocycles. The molecule has 0 radical (unpaired) electrons. The van der Waals surface area contributed by atoms with Crippen molar-refractivity contribution in [3.05, 3.63) is 28.8 Å². The summed E-state index contributed by atoms with van der Waals surface area (Å²) in [6, 6.07) is 5.88. The van der Waals surface area contributed by atoms with Crippen LogP contribution < -0.4 is 4.90 Å². The third kappa shape index (κ3) is 2.78. The number of hydrogen-bond donors (Lipinski definition) is 0. The molecule has 4 heteroatoms. The molecule has 1 aromatic carbocycles. The second-order valence-corrected chi connectivity index (χ2v) is 6.12. The molecule has 0 bridgehead atoms. The average molecular weight is 293 g/mol. The van der Waals surface area contributed by atoms with Crippen molar-refractivity contribution in [2.45, 2.75) is 32.1 Å². The number of piperidine rings is 1. The van der Waals surface area contributed by atoms with Gasteiger partial charge in [-0.25, -0.2) is 0 Å². The van der Waals surface area contributed by atoms with E-state index in [-0.39, 0.29) is 5.91 Å². The van der Waals surface area contributed by atoms with Crippen molar-refractivity contribution in [1.29, 1.82) is 0 Å². The van der Waals surface area contributed by atoms with E-state index in [1.807, 2.05) is 23.1 Å². The minimum Gasteiger partial charge on any atom is -0.371 e. The molecule has 0 unspecified atom stereocenters. The van der Waals surface area contributed by atoms with Crippen molar-refractivity contribution in [1.82, 2.24) is 4.90 Å². The van der Waals surface area contributed by atoms with Crippen LogP contribution in [0.1, 0.15) is 42.5 Å². The van der Waals surface area contributed by atoms with E-state index in [1.54, 1.807) is 0 Å². The summed E-state index contributed by atoms with van der Waals surface area (Å²) in [7, 11) is 0. The highest BCUT2D eigenvalue weighted by molar-refractivity contribution is 6.34. The van der Waals surface area contributed by atoms with Crippen molar-refractivity contribution >= 4 is 23.2 Å². The van der Waals surface area contributed by atoms with Crippen LogP contribution in [0.4, 0.5) is 5.69 Å². The number of benzene rings is 1. The second-order valence-electron chi connectivity index (χ2n) is 5.71. The van der Waals surface area contributed by atoms with Crippen molar-refractivity contribution in [3.63, 3.8) is 0 Å². The molecule has 0 aliphatic carbocycles. The zero-order chi connectivity index (χ0) is 13.9. The van der Waals surface area contributed by atoms with Crippen LogP contribution in [0, 0.1) is 0 Å². The van der Waals surface area contributed by atoms with E-state index in [2.05, 4.69) is 4.90 Å². The number of anilines is 1. The molecule has 2 fully saturated rings. The summed E-state index contributed by atoms with van der Waals surface area (Å²) in [5.41, 5.74) is 1.79. The Bertz CT molecular complexity index is 491. The van der Waals surface area contributed by atoms with Gasteiger partial charge in [-0.3, -0.25) is 4.79 Å². The van der Waals surface area contributed by atoms with Gasteiger partial charge in [0.15, 0.2) is 0 Å². The van der Waals surface area contributed by atoms with Gasteiger partial charge in [-0.05, 0) is 50.3 Å². The molecule has 3 nitrogen and oxygen atoms in total. The minimum absolute atomic E-state index is 0.0858. The van der Waals surface area contributed by atoms with Crippen molar-refractivity contribution in [3.8, 4) is 0 Å². The average Bonchev–Trinajstić information content (AvgIpc) is 3.01. The van der Waals surface area contributed by atoms with Crippen LogP contribution in [-0.4, -0.2) is 37.0 Å². The maximum absolute atomic E-state index is 12.5.